The number of fused-ring (bicyclic) bond motifs is 1. The van der Waals surface area contributed by atoms with Gasteiger partial charge in [0.05, 0.1) is 11.2 Å². The van der Waals surface area contributed by atoms with Gasteiger partial charge in [-0.05, 0) is 24.3 Å². The van der Waals surface area contributed by atoms with E-state index in [1.807, 2.05) is 31.4 Å². The second-order valence-electron chi connectivity index (χ2n) is 7.56. The van der Waals surface area contributed by atoms with Crippen LogP contribution in [0.1, 0.15) is 0 Å². The third-order valence-corrected chi connectivity index (χ3v) is 4.85. The number of carbonyl (C=O) groups excluding carboxylic acids is 1. The fraction of sp³-hybridized carbons (Fsp3) is 0.217. The highest BCUT2D eigenvalue weighted by atomic mass is 35.5. The summed E-state index contributed by atoms with van der Waals surface area (Å²) in [4.78, 5) is 30.3. The minimum atomic E-state index is -5.08. The molecule has 0 bridgehead atoms. The average Bonchev–Trinajstić information content (AvgIpc) is 3.29. The van der Waals surface area contributed by atoms with Gasteiger partial charge >= 0.3 is 24.3 Å². The van der Waals surface area contributed by atoms with E-state index in [0.717, 1.165) is 11.1 Å². The van der Waals surface area contributed by atoms with Gasteiger partial charge in [0, 0.05) is 30.1 Å². The van der Waals surface area contributed by atoms with Crippen molar-refractivity contribution >= 4 is 35.1 Å². The minimum absolute atomic E-state index is 0.157. The predicted octanol–water partition coefficient (Wildman–Crippen LogP) is 4.79. The molecule has 4 rings (SSSR count). The first-order valence-corrected chi connectivity index (χ1v) is 10.9. The van der Waals surface area contributed by atoms with E-state index in [1.165, 1.54) is 0 Å². The number of aryl methyl sites for hydroxylation is 1. The van der Waals surface area contributed by atoms with Crippen molar-refractivity contribution < 1.29 is 60.4 Å². The maximum Gasteiger partial charge on any atom is 0.490 e. The molecule has 10 nitrogen and oxygen atoms in total. The van der Waals surface area contributed by atoms with Crippen molar-refractivity contribution in [2.24, 2.45) is 7.05 Å². The number of halogens is 7. The number of alkyl halides is 6. The van der Waals surface area contributed by atoms with E-state index in [4.69, 9.17) is 40.9 Å². The Morgan fingerprint density at radius 3 is 2.02 bits per heavy atom. The van der Waals surface area contributed by atoms with Crippen LogP contribution >= 0.6 is 11.6 Å². The summed E-state index contributed by atoms with van der Waals surface area (Å²) in [6, 6.07) is 12.6. The summed E-state index contributed by atoms with van der Waals surface area (Å²) in [5, 5.41) is 21.7. The van der Waals surface area contributed by atoms with Crippen LogP contribution in [0.4, 0.5) is 32.0 Å². The molecule has 3 aromatic rings. The predicted molar refractivity (Wildman–Crippen MR) is 126 cm³/mol. The van der Waals surface area contributed by atoms with E-state index in [-0.39, 0.29) is 12.5 Å². The number of aliphatic carboxylic acids is 2. The summed E-state index contributed by atoms with van der Waals surface area (Å²) in [6.45, 7) is 0.157. The van der Waals surface area contributed by atoms with Crippen LogP contribution < -0.4 is 14.8 Å². The van der Waals surface area contributed by atoms with Gasteiger partial charge in [-0.2, -0.15) is 31.4 Å². The molecule has 0 saturated heterocycles. The monoisotopic (exact) mass is 597 g/mol. The Labute approximate surface area is 225 Å². The Morgan fingerprint density at radius 1 is 1.00 bits per heavy atom. The first-order valence-electron chi connectivity index (χ1n) is 10.6. The van der Waals surface area contributed by atoms with Crippen molar-refractivity contribution in [3.8, 4) is 22.6 Å². The van der Waals surface area contributed by atoms with Gasteiger partial charge in [0.2, 0.25) is 6.10 Å². The minimum Gasteiger partial charge on any atom is -0.485 e. The van der Waals surface area contributed by atoms with Crippen LogP contribution in [-0.2, 0) is 21.4 Å². The molecule has 1 aliphatic rings. The van der Waals surface area contributed by atoms with Crippen LogP contribution in [0.15, 0.2) is 54.9 Å². The number of para-hydroxylation sites is 2. The number of ether oxygens (including phenoxy) is 2. The SMILES string of the molecule is Cn1cc(-c2ccc(NC(=O)C3COc4ccccc4O3)cc2Cl)cn1.O=C(O)C(F)(F)F.O=C(O)C(F)(F)F. The maximum absolute atomic E-state index is 12.5. The molecule has 0 fully saturated rings. The summed E-state index contributed by atoms with van der Waals surface area (Å²) in [6.07, 6.45) is -7.27. The molecule has 0 radical (unpaired) electrons. The van der Waals surface area contributed by atoms with Crippen LogP contribution in [0, 0.1) is 0 Å². The maximum atomic E-state index is 12.5. The average molecular weight is 598 g/mol. The molecular weight excluding hydrogens is 580 g/mol. The lowest BCUT2D eigenvalue weighted by Gasteiger charge is -2.25. The highest BCUT2D eigenvalue weighted by Crippen LogP contribution is 2.32. The molecule has 2 aromatic carbocycles. The number of benzene rings is 2. The zero-order valence-electron chi connectivity index (χ0n) is 20.0. The third kappa shape index (κ3) is 9.37. The number of carbonyl (C=O) groups is 3. The fourth-order valence-corrected chi connectivity index (χ4v) is 3.05. The van der Waals surface area contributed by atoms with Crippen molar-refractivity contribution in [3.63, 3.8) is 0 Å². The first-order chi connectivity index (χ1) is 18.5. The summed E-state index contributed by atoms with van der Waals surface area (Å²) in [5.41, 5.74) is 2.36. The summed E-state index contributed by atoms with van der Waals surface area (Å²) in [5.74, 6) is -4.60. The van der Waals surface area contributed by atoms with Crippen LogP contribution in [0.3, 0.4) is 0 Å². The van der Waals surface area contributed by atoms with E-state index in [9.17, 15) is 31.1 Å². The molecule has 40 heavy (non-hydrogen) atoms. The van der Waals surface area contributed by atoms with Gasteiger partial charge < -0.3 is 25.0 Å². The molecule has 3 N–H and O–H groups in total. The highest BCUT2D eigenvalue weighted by molar-refractivity contribution is 6.33. The van der Waals surface area contributed by atoms with Crippen molar-refractivity contribution in [1.29, 1.82) is 0 Å². The van der Waals surface area contributed by atoms with Gasteiger partial charge in [-0.3, -0.25) is 9.48 Å². The summed E-state index contributed by atoms with van der Waals surface area (Å²) >= 11 is 6.37. The number of amides is 1. The Kier molecular flexibility index (Phi) is 10.4. The quantitative estimate of drug-likeness (QED) is 0.366. The van der Waals surface area contributed by atoms with Gasteiger partial charge in [-0.25, -0.2) is 9.59 Å². The zero-order valence-corrected chi connectivity index (χ0v) is 20.7. The van der Waals surface area contributed by atoms with Crippen LogP contribution in [0.2, 0.25) is 5.02 Å². The third-order valence-electron chi connectivity index (χ3n) is 4.54. The number of carboxylic acid groups (broad SMARTS) is 2. The molecule has 17 heteroatoms. The standard InChI is InChI=1S/C19H16ClN3O3.2C2HF3O2/c1-23-10-12(9-21-23)14-7-6-13(8-15(14)20)22-19(24)18-11-25-16-4-2-3-5-17(16)26-18;2*3-2(4,5)1(6)7/h2-10,18H,11H2,1H3,(H,22,24);2*(H,6,7). The van der Waals surface area contributed by atoms with Crippen LogP contribution in [-0.4, -0.2) is 62.9 Å². The lowest BCUT2D eigenvalue weighted by atomic mass is 10.1. The van der Waals surface area contributed by atoms with E-state index in [1.54, 1.807) is 35.1 Å². The van der Waals surface area contributed by atoms with Crippen molar-refractivity contribution in [1.82, 2.24) is 9.78 Å². The Bertz CT molecular complexity index is 1340. The zero-order chi connectivity index (χ0) is 30.3. The molecule has 2 heterocycles. The summed E-state index contributed by atoms with van der Waals surface area (Å²) < 4.78 is 76.5. The Hall–Kier alpha value is -4.47. The molecule has 0 aliphatic carbocycles. The number of rotatable bonds is 3. The lowest BCUT2D eigenvalue weighted by molar-refractivity contribution is -0.193. The molecule has 0 spiro atoms. The van der Waals surface area contributed by atoms with Gasteiger partial charge in [0.25, 0.3) is 5.91 Å². The smallest absolute Gasteiger partial charge is 0.485 e. The number of aromatic nitrogens is 2. The molecule has 1 amide bonds. The molecule has 1 atom stereocenters. The molecule has 1 aromatic heterocycles. The van der Waals surface area contributed by atoms with E-state index in [0.29, 0.717) is 22.2 Å². The Balaban J connectivity index is 0.000000333. The number of hydrogen-bond donors (Lipinski definition) is 3. The topological polar surface area (TPSA) is 140 Å². The number of carboxylic acids is 2. The van der Waals surface area contributed by atoms with Gasteiger partial charge in [-0.1, -0.05) is 29.8 Å². The van der Waals surface area contributed by atoms with E-state index in [2.05, 4.69) is 10.4 Å². The van der Waals surface area contributed by atoms with Gasteiger partial charge in [0.15, 0.2) is 11.5 Å². The number of hydrogen-bond acceptors (Lipinski definition) is 6. The molecule has 1 unspecified atom stereocenters. The second-order valence-corrected chi connectivity index (χ2v) is 7.96. The van der Waals surface area contributed by atoms with Crippen molar-refractivity contribution in [3.05, 3.63) is 59.9 Å². The molecule has 0 saturated carbocycles. The first kappa shape index (κ1) is 31.7. The second kappa shape index (κ2) is 13.1. The van der Waals surface area contributed by atoms with Gasteiger partial charge in [-0.15, -0.1) is 0 Å². The normalized spacial score (nSPS) is 14.1. The lowest BCUT2D eigenvalue weighted by Crippen LogP contribution is -2.40. The molecule has 1 aliphatic heterocycles. The Morgan fingerprint density at radius 2 is 1.55 bits per heavy atom. The van der Waals surface area contributed by atoms with E-state index < -0.39 is 30.4 Å². The van der Waals surface area contributed by atoms with Crippen molar-refractivity contribution in [2.45, 2.75) is 18.5 Å². The van der Waals surface area contributed by atoms with Gasteiger partial charge in [0.1, 0.15) is 6.61 Å². The number of anilines is 1. The van der Waals surface area contributed by atoms with Crippen LogP contribution in [0.5, 0.6) is 11.5 Å². The largest absolute Gasteiger partial charge is 0.490 e. The highest BCUT2D eigenvalue weighted by Gasteiger charge is 2.38. The number of nitrogens with zero attached hydrogens (tertiary/aromatic N) is 2. The van der Waals surface area contributed by atoms with E-state index >= 15 is 0 Å². The van der Waals surface area contributed by atoms with Crippen molar-refractivity contribution in [2.75, 3.05) is 11.9 Å². The molecule has 216 valence electrons. The number of nitrogens with one attached hydrogen (secondary N) is 1. The van der Waals surface area contributed by atoms with Crippen LogP contribution in [0.25, 0.3) is 11.1 Å². The summed E-state index contributed by atoms with van der Waals surface area (Å²) in [7, 11) is 1.84. The molecular formula is C23H18ClF6N3O7. The fourth-order valence-electron chi connectivity index (χ4n) is 2.76.